The van der Waals surface area contributed by atoms with E-state index in [2.05, 4.69) is 10.1 Å². The van der Waals surface area contributed by atoms with Crippen LogP contribution in [0.3, 0.4) is 0 Å². The second-order valence-corrected chi connectivity index (χ2v) is 9.16. The zero-order valence-corrected chi connectivity index (χ0v) is 17.0. The maximum absolute atomic E-state index is 13.4. The number of benzene rings is 2. The van der Waals surface area contributed by atoms with E-state index in [0.29, 0.717) is 29.6 Å². The summed E-state index contributed by atoms with van der Waals surface area (Å²) >= 11 is 0. The van der Waals surface area contributed by atoms with Gasteiger partial charge >= 0.3 is 0 Å². The van der Waals surface area contributed by atoms with Gasteiger partial charge in [-0.05, 0) is 56.4 Å². The lowest BCUT2D eigenvalue weighted by Crippen LogP contribution is -2.31. The third-order valence-electron chi connectivity index (χ3n) is 5.34. The van der Waals surface area contributed by atoms with Crippen molar-refractivity contribution in [3.8, 4) is 11.4 Å². The van der Waals surface area contributed by atoms with Gasteiger partial charge in [-0.3, -0.25) is 0 Å². The van der Waals surface area contributed by atoms with E-state index in [0.717, 1.165) is 28.7 Å². The molecule has 0 saturated carbocycles. The first-order valence-electron chi connectivity index (χ1n) is 9.36. The molecule has 28 heavy (non-hydrogen) atoms. The Kier molecular flexibility index (Phi) is 4.81. The smallest absolute Gasteiger partial charge is 0.245 e. The molecule has 2 aromatic carbocycles. The molecule has 1 saturated heterocycles. The summed E-state index contributed by atoms with van der Waals surface area (Å²) in [5.74, 6) is 0.823. The van der Waals surface area contributed by atoms with E-state index in [-0.39, 0.29) is 0 Å². The van der Waals surface area contributed by atoms with Crippen molar-refractivity contribution in [1.29, 1.82) is 0 Å². The molecule has 2 heterocycles. The van der Waals surface area contributed by atoms with Crippen molar-refractivity contribution < 1.29 is 12.9 Å². The second kappa shape index (κ2) is 7.14. The number of sulfonamides is 1. The highest BCUT2D eigenvalue weighted by atomic mass is 32.2. The lowest BCUT2D eigenvalue weighted by molar-refractivity contribution is 0.290. The maximum atomic E-state index is 13.4. The van der Waals surface area contributed by atoms with Crippen LogP contribution in [-0.2, 0) is 10.0 Å². The van der Waals surface area contributed by atoms with Crippen molar-refractivity contribution in [3.63, 3.8) is 0 Å². The van der Waals surface area contributed by atoms with E-state index in [1.165, 1.54) is 4.31 Å². The van der Waals surface area contributed by atoms with Crippen molar-refractivity contribution in [1.82, 2.24) is 14.4 Å². The van der Waals surface area contributed by atoms with Gasteiger partial charge in [0.1, 0.15) is 6.04 Å². The molecule has 3 aromatic rings. The van der Waals surface area contributed by atoms with Crippen molar-refractivity contribution in [2.45, 2.75) is 44.6 Å². The molecule has 0 aliphatic carbocycles. The van der Waals surface area contributed by atoms with Gasteiger partial charge < -0.3 is 4.52 Å². The molecule has 0 radical (unpaired) electrons. The molecule has 1 aromatic heterocycles. The normalized spacial score (nSPS) is 17.9. The summed E-state index contributed by atoms with van der Waals surface area (Å²) in [6, 6.07) is 12.8. The van der Waals surface area contributed by atoms with Gasteiger partial charge in [-0.1, -0.05) is 41.6 Å². The average molecular weight is 398 g/mol. The summed E-state index contributed by atoms with van der Waals surface area (Å²) in [4.78, 5) is 4.84. The summed E-state index contributed by atoms with van der Waals surface area (Å²) in [5, 5.41) is 4.06. The fourth-order valence-corrected chi connectivity index (χ4v) is 5.63. The van der Waals surface area contributed by atoms with Crippen LogP contribution in [0.4, 0.5) is 0 Å². The molecule has 1 fully saturated rings. The maximum Gasteiger partial charge on any atom is 0.245 e. The van der Waals surface area contributed by atoms with Gasteiger partial charge in [0.05, 0.1) is 4.90 Å². The lowest BCUT2D eigenvalue weighted by atomic mass is 10.1. The number of hydrogen-bond donors (Lipinski definition) is 0. The van der Waals surface area contributed by atoms with Crippen LogP contribution in [0.2, 0.25) is 0 Å². The third kappa shape index (κ3) is 3.25. The SMILES string of the molecule is Cc1cc(C)c(S(=O)(=O)N2CCC[C@H]2c2nc(-c3ccccc3)no2)cc1C. The minimum atomic E-state index is -3.66. The molecule has 7 heteroatoms. The number of aromatic nitrogens is 2. The Morgan fingerprint density at radius 2 is 1.75 bits per heavy atom. The van der Waals surface area contributed by atoms with Crippen molar-refractivity contribution in [2.24, 2.45) is 0 Å². The molecule has 0 amide bonds. The van der Waals surface area contributed by atoms with E-state index in [4.69, 9.17) is 4.52 Å². The predicted octanol–water partition coefficient (Wildman–Crippen LogP) is 4.19. The van der Waals surface area contributed by atoms with E-state index >= 15 is 0 Å². The highest BCUT2D eigenvalue weighted by Gasteiger charge is 2.40. The molecule has 4 rings (SSSR count). The van der Waals surface area contributed by atoms with Gasteiger partial charge in [0.25, 0.3) is 0 Å². The zero-order valence-electron chi connectivity index (χ0n) is 16.2. The molecule has 1 atom stereocenters. The highest BCUT2D eigenvalue weighted by molar-refractivity contribution is 7.89. The first-order chi connectivity index (χ1) is 13.4. The topological polar surface area (TPSA) is 76.3 Å². The molecule has 6 nitrogen and oxygen atoms in total. The Labute approximate surface area is 165 Å². The summed E-state index contributed by atoms with van der Waals surface area (Å²) in [6.07, 6.45) is 1.43. The molecule has 0 bridgehead atoms. The quantitative estimate of drug-likeness (QED) is 0.660. The largest absolute Gasteiger partial charge is 0.337 e. The molecule has 1 aliphatic heterocycles. The van der Waals surface area contributed by atoms with Crippen LogP contribution in [0, 0.1) is 20.8 Å². The summed E-state index contributed by atoms with van der Waals surface area (Å²) in [6.45, 7) is 6.20. The van der Waals surface area contributed by atoms with Gasteiger partial charge in [-0.15, -0.1) is 0 Å². The Hall–Kier alpha value is -2.51. The highest BCUT2D eigenvalue weighted by Crippen LogP contribution is 2.37. The van der Waals surface area contributed by atoms with Crippen LogP contribution in [0.25, 0.3) is 11.4 Å². The minimum Gasteiger partial charge on any atom is -0.337 e. The molecule has 0 N–H and O–H groups in total. The van der Waals surface area contributed by atoms with E-state index in [9.17, 15) is 8.42 Å². The number of rotatable bonds is 4. The van der Waals surface area contributed by atoms with E-state index in [1.54, 1.807) is 6.07 Å². The van der Waals surface area contributed by atoms with Gasteiger partial charge in [0, 0.05) is 12.1 Å². The first-order valence-corrected chi connectivity index (χ1v) is 10.8. The fraction of sp³-hybridized carbons (Fsp3) is 0.333. The fourth-order valence-electron chi connectivity index (χ4n) is 3.69. The van der Waals surface area contributed by atoms with Crippen LogP contribution in [0.15, 0.2) is 51.9 Å². The molecule has 146 valence electrons. The molecule has 0 spiro atoms. The summed E-state index contributed by atoms with van der Waals surface area (Å²) in [5.41, 5.74) is 3.64. The van der Waals surface area contributed by atoms with Crippen LogP contribution in [0.5, 0.6) is 0 Å². The zero-order chi connectivity index (χ0) is 19.9. The third-order valence-corrected chi connectivity index (χ3v) is 7.39. The van der Waals surface area contributed by atoms with Crippen molar-refractivity contribution in [2.75, 3.05) is 6.54 Å². The van der Waals surface area contributed by atoms with Crippen molar-refractivity contribution >= 4 is 10.0 Å². The number of aryl methyl sites for hydroxylation is 3. The molecule has 0 unspecified atom stereocenters. The van der Waals surface area contributed by atoms with Crippen molar-refractivity contribution in [3.05, 3.63) is 65.0 Å². The average Bonchev–Trinajstić information content (AvgIpc) is 3.34. The Bertz CT molecular complexity index is 1110. The summed E-state index contributed by atoms with van der Waals surface area (Å²) in [7, 11) is -3.66. The van der Waals surface area contributed by atoms with E-state index < -0.39 is 16.1 Å². The molecular weight excluding hydrogens is 374 g/mol. The summed E-state index contributed by atoms with van der Waals surface area (Å²) < 4.78 is 33.8. The van der Waals surface area contributed by atoms with Crippen LogP contribution >= 0.6 is 0 Å². The standard InChI is InChI=1S/C21H23N3O3S/c1-14-12-16(3)19(13-15(14)2)28(25,26)24-11-7-10-18(24)21-22-20(23-27-21)17-8-5-4-6-9-17/h4-6,8-9,12-13,18H,7,10-11H2,1-3H3/t18-/m0/s1. The molecular formula is C21H23N3O3S. The van der Waals surface area contributed by atoms with Gasteiger partial charge in [-0.25, -0.2) is 8.42 Å². The van der Waals surface area contributed by atoms with Gasteiger partial charge in [-0.2, -0.15) is 9.29 Å². The molecule has 1 aliphatic rings. The van der Waals surface area contributed by atoms with Crippen LogP contribution in [-0.4, -0.2) is 29.4 Å². The lowest BCUT2D eigenvalue weighted by Gasteiger charge is -2.23. The predicted molar refractivity (Wildman–Crippen MR) is 106 cm³/mol. The van der Waals surface area contributed by atoms with Crippen LogP contribution < -0.4 is 0 Å². The Balaban J connectivity index is 1.69. The van der Waals surface area contributed by atoms with Gasteiger partial charge in [0.2, 0.25) is 21.7 Å². The number of nitrogens with zero attached hydrogens (tertiary/aromatic N) is 3. The van der Waals surface area contributed by atoms with Gasteiger partial charge in [0.15, 0.2) is 0 Å². The van der Waals surface area contributed by atoms with Crippen LogP contribution in [0.1, 0.15) is 41.5 Å². The first kappa shape index (κ1) is 18.8. The Morgan fingerprint density at radius 1 is 1.04 bits per heavy atom. The van der Waals surface area contributed by atoms with E-state index in [1.807, 2.05) is 57.2 Å². The monoisotopic (exact) mass is 397 g/mol. The number of hydrogen-bond acceptors (Lipinski definition) is 5. The second-order valence-electron chi connectivity index (χ2n) is 7.30. The minimum absolute atomic E-state index is 0.349. The Morgan fingerprint density at radius 3 is 2.50 bits per heavy atom.